The SMILES string of the molecule is Cn1nc(N2CCC(=O)NC2=O)c2ccc(-c3ccc([C@H]4CCCN4)cc3)cc21. The second-order valence-corrected chi connectivity index (χ2v) is 7.71. The molecule has 0 spiro atoms. The zero-order chi connectivity index (χ0) is 20.0. The molecule has 148 valence electrons. The molecule has 7 nitrogen and oxygen atoms in total. The highest BCUT2D eigenvalue weighted by Gasteiger charge is 2.28. The molecule has 2 aliphatic heterocycles. The van der Waals surface area contributed by atoms with Crippen LogP contribution in [0, 0.1) is 0 Å². The number of carbonyl (C=O) groups is 2. The molecule has 2 aromatic carbocycles. The lowest BCUT2D eigenvalue weighted by atomic mass is 9.99. The quantitative estimate of drug-likeness (QED) is 0.721. The molecule has 0 radical (unpaired) electrons. The maximum atomic E-state index is 12.2. The zero-order valence-electron chi connectivity index (χ0n) is 16.3. The number of aromatic nitrogens is 2. The molecule has 3 amide bonds. The Kier molecular flexibility index (Phi) is 4.32. The van der Waals surface area contributed by atoms with Gasteiger partial charge >= 0.3 is 6.03 Å². The first-order valence-electron chi connectivity index (χ1n) is 10.0. The van der Waals surface area contributed by atoms with Crippen molar-refractivity contribution in [2.24, 2.45) is 7.05 Å². The fourth-order valence-corrected chi connectivity index (χ4v) is 4.26. The van der Waals surface area contributed by atoms with Gasteiger partial charge < -0.3 is 5.32 Å². The fourth-order valence-electron chi connectivity index (χ4n) is 4.26. The number of nitrogens with zero attached hydrogens (tertiary/aromatic N) is 3. The molecule has 1 atom stereocenters. The number of nitrogens with one attached hydrogen (secondary N) is 2. The zero-order valence-corrected chi connectivity index (χ0v) is 16.3. The van der Waals surface area contributed by atoms with E-state index in [1.54, 1.807) is 4.68 Å². The van der Waals surface area contributed by atoms with E-state index in [4.69, 9.17) is 0 Å². The first kappa shape index (κ1) is 17.9. The molecule has 3 aromatic rings. The van der Waals surface area contributed by atoms with Gasteiger partial charge in [0.15, 0.2) is 5.82 Å². The van der Waals surface area contributed by atoms with Crippen molar-refractivity contribution in [3.8, 4) is 11.1 Å². The van der Waals surface area contributed by atoms with Crippen molar-refractivity contribution in [2.45, 2.75) is 25.3 Å². The number of fused-ring (bicyclic) bond motifs is 1. The molecule has 0 bridgehead atoms. The normalized spacial score (nSPS) is 19.8. The number of hydrogen-bond acceptors (Lipinski definition) is 4. The van der Waals surface area contributed by atoms with Gasteiger partial charge in [-0.15, -0.1) is 0 Å². The lowest BCUT2D eigenvalue weighted by Crippen LogP contribution is -2.49. The Morgan fingerprint density at radius 1 is 1.07 bits per heavy atom. The van der Waals surface area contributed by atoms with Gasteiger partial charge in [0.2, 0.25) is 5.91 Å². The van der Waals surface area contributed by atoms with Crippen molar-refractivity contribution in [1.29, 1.82) is 0 Å². The molecule has 0 aliphatic carbocycles. The molecule has 2 aliphatic rings. The van der Waals surface area contributed by atoms with E-state index in [0.717, 1.165) is 28.6 Å². The highest BCUT2D eigenvalue weighted by Crippen LogP contribution is 2.32. The molecule has 2 saturated heterocycles. The van der Waals surface area contributed by atoms with E-state index in [1.165, 1.54) is 23.3 Å². The maximum Gasteiger partial charge on any atom is 0.329 e. The molecule has 3 heterocycles. The molecular weight excluding hydrogens is 366 g/mol. The first-order chi connectivity index (χ1) is 14.1. The second kappa shape index (κ2) is 7.00. The van der Waals surface area contributed by atoms with E-state index in [2.05, 4.69) is 52.1 Å². The van der Waals surface area contributed by atoms with Crippen molar-refractivity contribution in [1.82, 2.24) is 20.4 Å². The van der Waals surface area contributed by atoms with Crippen molar-refractivity contribution in [2.75, 3.05) is 18.0 Å². The maximum absolute atomic E-state index is 12.2. The Hall–Kier alpha value is -3.19. The average Bonchev–Trinajstić information content (AvgIpc) is 3.37. The summed E-state index contributed by atoms with van der Waals surface area (Å²) < 4.78 is 1.79. The van der Waals surface area contributed by atoms with Gasteiger partial charge in [-0.05, 0) is 48.2 Å². The molecule has 1 aromatic heterocycles. The third-order valence-electron chi connectivity index (χ3n) is 5.85. The van der Waals surface area contributed by atoms with Crippen molar-refractivity contribution in [3.63, 3.8) is 0 Å². The molecule has 2 fully saturated rings. The van der Waals surface area contributed by atoms with Crippen LogP contribution in [0.3, 0.4) is 0 Å². The minimum absolute atomic E-state index is 0.245. The van der Waals surface area contributed by atoms with Crippen LogP contribution in [0.2, 0.25) is 0 Å². The summed E-state index contributed by atoms with van der Waals surface area (Å²) in [5, 5.41) is 11.3. The molecule has 7 heteroatoms. The van der Waals surface area contributed by atoms with Gasteiger partial charge in [-0.3, -0.25) is 19.7 Å². The largest absolute Gasteiger partial charge is 0.329 e. The van der Waals surface area contributed by atoms with Crippen LogP contribution in [0.25, 0.3) is 22.0 Å². The highest BCUT2D eigenvalue weighted by molar-refractivity contribution is 6.09. The van der Waals surface area contributed by atoms with Crippen LogP contribution in [0.1, 0.15) is 30.9 Å². The predicted molar refractivity (Wildman–Crippen MR) is 112 cm³/mol. The summed E-state index contributed by atoms with van der Waals surface area (Å²) in [5.41, 5.74) is 4.54. The van der Waals surface area contributed by atoms with Crippen molar-refractivity contribution >= 4 is 28.7 Å². The molecule has 29 heavy (non-hydrogen) atoms. The van der Waals surface area contributed by atoms with Gasteiger partial charge in [0, 0.05) is 31.4 Å². The number of aryl methyl sites for hydroxylation is 1. The molecular formula is C22H23N5O2. The standard InChI is InChI=1S/C22H23N5O2/c1-26-19-13-16(14-4-6-15(7-5-14)18-3-2-11-23-18)8-9-17(19)21(25-26)27-12-10-20(28)24-22(27)29/h4-9,13,18,23H,2-3,10-12H2,1H3,(H,24,28,29)/t18-/m1/s1. The van der Waals surface area contributed by atoms with Crippen LogP contribution in [-0.4, -0.2) is 34.8 Å². The van der Waals surface area contributed by atoms with E-state index >= 15 is 0 Å². The topological polar surface area (TPSA) is 79.3 Å². The summed E-state index contributed by atoms with van der Waals surface area (Å²) in [7, 11) is 1.87. The summed E-state index contributed by atoms with van der Waals surface area (Å²) in [4.78, 5) is 25.2. The molecule has 5 rings (SSSR count). The van der Waals surface area contributed by atoms with Crippen LogP contribution in [-0.2, 0) is 11.8 Å². The Bertz CT molecular complexity index is 1100. The number of rotatable bonds is 3. The van der Waals surface area contributed by atoms with E-state index in [9.17, 15) is 9.59 Å². The van der Waals surface area contributed by atoms with Gasteiger partial charge in [0.25, 0.3) is 0 Å². The molecule has 0 unspecified atom stereocenters. The monoisotopic (exact) mass is 389 g/mol. The lowest BCUT2D eigenvalue weighted by molar-refractivity contribution is -0.120. The Balaban J connectivity index is 1.47. The summed E-state index contributed by atoms with van der Waals surface area (Å²) >= 11 is 0. The number of anilines is 1. The number of urea groups is 1. The Labute approximate surface area is 168 Å². The minimum Gasteiger partial charge on any atom is -0.310 e. The predicted octanol–water partition coefficient (Wildman–Crippen LogP) is 3.11. The van der Waals surface area contributed by atoms with Crippen LogP contribution in [0.5, 0.6) is 0 Å². The third-order valence-corrected chi connectivity index (χ3v) is 5.85. The third kappa shape index (κ3) is 3.17. The van der Waals surface area contributed by atoms with Gasteiger partial charge in [-0.1, -0.05) is 30.3 Å². The highest BCUT2D eigenvalue weighted by atomic mass is 16.2. The van der Waals surface area contributed by atoms with E-state index < -0.39 is 6.03 Å². The second-order valence-electron chi connectivity index (χ2n) is 7.71. The first-order valence-corrected chi connectivity index (χ1v) is 10.0. The van der Waals surface area contributed by atoms with E-state index in [1.807, 2.05) is 13.1 Å². The van der Waals surface area contributed by atoms with Crippen LogP contribution >= 0.6 is 0 Å². The summed E-state index contributed by atoms with van der Waals surface area (Å²) in [6.45, 7) is 1.43. The van der Waals surface area contributed by atoms with Crippen LogP contribution < -0.4 is 15.5 Å². The number of carbonyl (C=O) groups excluding carboxylic acids is 2. The summed E-state index contributed by atoms with van der Waals surface area (Å²) in [5.74, 6) is 0.340. The van der Waals surface area contributed by atoms with E-state index in [-0.39, 0.29) is 12.3 Å². The van der Waals surface area contributed by atoms with Gasteiger partial charge in [-0.2, -0.15) is 5.10 Å². The summed E-state index contributed by atoms with van der Waals surface area (Å²) in [6.07, 6.45) is 2.71. The van der Waals surface area contributed by atoms with Crippen molar-refractivity contribution < 1.29 is 9.59 Å². The number of imide groups is 1. The average molecular weight is 389 g/mol. The molecule has 0 saturated carbocycles. The van der Waals surface area contributed by atoms with E-state index in [0.29, 0.717) is 18.4 Å². The molecule has 2 N–H and O–H groups in total. The number of amides is 3. The smallest absolute Gasteiger partial charge is 0.310 e. The van der Waals surface area contributed by atoms with Crippen molar-refractivity contribution in [3.05, 3.63) is 48.0 Å². The van der Waals surface area contributed by atoms with Gasteiger partial charge in [0.05, 0.1) is 5.52 Å². The minimum atomic E-state index is -0.415. The number of benzene rings is 2. The van der Waals surface area contributed by atoms with Crippen LogP contribution in [0.4, 0.5) is 10.6 Å². The van der Waals surface area contributed by atoms with Gasteiger partial charge in [-0.25, -0.2) is 4.79 Å². The Morgan fingerprint density at radius 2 is 1.86 bits per heavy atom. The number of hydrogen-bond donors (Lipinski definition) is 2. The lowest BCUT2D eigenvalue weighted by Gasteiger charge is -2.24. The van der Waals surface area contributed by atoms with Crippen LogP contribution in [0.15, 0.2) is 42.5 Å². The van der Waals surface area contributed by atoms with Gasteiger partial charge in [0.1, 0.15) is 0 Å². The summed E-state index contributed by atoms with van der Waals surface area (Å²) in [6, 6.07) is 14.9. The Morgan fingerprint density at radius 3 is 2.59 bits per heavy atom. The fraction of sp³-hybridized carbons (Fsp3) is 0.318.